The third-order valence-electron chi connectivity index (χ3n) is 4.07. The fraction of sp³-hybridized carbons (Fsp3) is 0.688. The summed E-state index contributed by atoms with van der Waals surface area (Å²) < 4.78 is 42.6. The van der Waals surface area contributed by atoms with Crippen molar-refractivity contribution in [3.05, 3.63) is 22.2 Å². The highest BCUT2D eigenvalue weighted by Crippen LogP contribution is 2.39. The number of nitrogens with zero attached hydrogens (tertiary/aromatic N) is 2. The molecule has 11 nitrogen and oxygen atoms in total. The lowest BCUT2D eigenvalue weighted by Gasteiger charge is -2.19. The highest BCUT2D eigenvalue weighted by Gasteiger charge is 2.39. The number of esters is 1. The van der Waals surface area contributed by atoms with Crippen LogP contribution in [0, 0.1) is 0 Å². The molecule has 0 spiro atoms. The van der Waals surface area contributed by atoms with Crippen LogP contribution < -0.4 is 16.5 Å². The van der Waals surface area contributed by atoms with Crippen molar-refractivity contribution in [1.82, 2.24) is 14.6 Å². The number of rotatable bonds is 9. The highest BCUT2D eigenvalue weighted by molar-refractivity contribution is 7.50. The lowest BCUT2D eigenvalue weighted by molar-refractivity contribution is -0.146. The van der Waals surface area contributed by atoms with E-state index in [-0.39, 0.29) is 18.3 Å². The van der Waals surface area contributed by atoms with Gasteiger partial charge in [0.05, 0.1) is 18.8 Å². The molecule has 2 heterocycles. The first-order valence-corrected chi connectivity index (χ1v) is 10.7. The summed E-state index contributed by atoms with van der Waals surface area (Å²) in [6, 6.07) is 0. The molecule has 0 aromatic carbocycles. The molecule has 1 aliphatic heterocycles. The number of carbonyl (C=O) groups excluding carboxylic acids is 1. The SMILES string of the molecule is CCc1cn(C2OC(COP(=O)(O)NCC(=O)OC(C)C)CC2F)c(=O)nc1N. The van der Waals surface area contributed by atoms with Crippen LogP contribution in [0.5, 0.6) is 0 Å². The number of alkyl halides is 1. The van der Waals surface area contributed by atoms with E-state index in [1.165, 1.54) is 6.20 Å². The van der Waals surface area contributed by atoms with Gasteiger partial charge in [0.25, 0.3) is 0 Å². The number of hydrogen-bond donors (Lipinski definition) is 3. The molecule has 1 aliphatic rings. The molecule has 1 saturated heterocycles. The molecule has 0 radical (unpaired) electrons. The van der Waals surface area contributed by atoms with Gasteiger partial charge in [0.2, 0.25) is 0 Å². The second kappa shape index (κ2) is 9.77. The van der Waals surface area contributed by atoms with Crippen molar-refractivity contribution in [3.63, 3.8) is 0 Å². The maximum absolute atomic E-state index is 14.4. The van der Waals surface area contributed by atoms with Gasteiger partial charge in [0.15, 0.2) is 6.23 Å². The van der Waals surface area contributed by atoms with Gasteiger partial charge in [0.1, 0.15) is 18.5 Å². The predicted octanol–water partition coefficient (Wildman–Crippen LogP) is 0.672. The zero-order chi connectivity index (χ0) is 21.8. The van der Waals surface area contributed by atoms with Gasteiger partial charge in [-0.2, -0.15) is 4.98 Å². The summed E-state index contributed by atoms with van der Waals surface area (Å²) in [5.41, 5.74) is 5.47. The first-order chi connectivity index (χ1) is 13.5. The van der Waals surface area contributed by atoms with Gasteiger partial charge in [-0.15, -0.1) is 0 Å². The second-order valence-electron chi connectivity index (χ2n) is 6.78. The third-order valence-corrected chi connectivity index (χ3v) is 5.13. The predicted molar refractivity (Wildman–Crippen MR) is 101 cm³/mol. The molecule has 2 rings (SSSR count). The number of nitrogens with one attached hydrogen (secondary N) is 1. The molecule has 164 valence electrons. The normalized spacial score (nSPS) is 23.9. The summed E-state index contributed by atoms with van der Waals surface area (Å²) in [5, 5.41) is 2.06. The van der Waals surface area contributed by atoms with E-state index in [0.717, 1.165) is 4.57 Å². The van der Waals surface area contributed by atoms with Crippen molar-refractivity contribution in [3.8, 4) is 0 Å². The average molecular weight is 436 g/mol. The van der Waals surface area contributed by atoms with Crippen molar-refractivity contribution < 1.29 is 32.6 Å². The summed E-state index contributed by atoms with van der Waals surface area (Å²) in [7, 11) is -4.33. The van der Waals surface area contributed by atoms with Crippen LogP contribution in [0.1, 0.15) is 39.0 Å². The average Bonchev–Trinajstić information content (AvgIpc) is 2.99. The number of aryl methyl sites for hydroxylation is 1. The van der Waals surface area contributed by atoms with Gasteiger partial charge in [-0.25, -0.2) is 18.8 Å². The molecule has 4 N–H and O–H groups in total. The third kappa shape index (κ3) is 6.58. The number of anilines is 1. The van der Waals surface area contributed by atoms with E-state index in [1.807, 2.05) is 6.92 Å². The van der Waals surface area contributed by atoms with E-state index in [9.17, 15) is 23.4 Å². The van der Waals surface area contributed by atoms with Crippen LogP contribution in [0.3, 0.4) is 0 Å². The Morgan fingerprint density at radius 2 is 2.28 bits per heavy atom. The van der Waals surface area contributed by atoms with Gasteiger partial charge < -0.3 is 20.1 Å². The van der Waals surface area contributed by atoms with E-state index in [4.69, 9.17) is 19.7 Å². The maximum atomic E-state index is 14.4. The number of aromatic nitrogens is 2. The fourth-order valence-electron chi connectivity index (χ4n) is 2.73. The number of halogens is 1. The Morgan fingerprint density at radius 1 is 1.59 bits per heavy atom. The Kier molecular flexibility index (Phi) is 7.89. The first kappa shape index (κ1) is 23.4. The molecular weight excluding hydrogens is 410 g/mol. The largest absolute Gasteiger partial charge is 0.462 e. The number of carbonyl (C=O) groups is 1. The number of ether oxygens (including phenoxy) is 2. The molecule has 4 unspecified atom stereocenters. The van der Waals surface area contributed by atoms with Crippen molar-refractivity contribution in [2.45, 2.75) is 58.2 Å². The lowest BCUT2D eigenvalue weighted by atomic mass is 10.2. The van der Waals surface area contributed by atoms with Gasteiger partial charge in [-0.3, -0.25) is 13.9 Å². The second-order valence-corrected chi connectivity index (χ2v) is 8.40. The molecule has 29 heavy (non-hydrogen) atoms. The zero-order valence-electron chi connectivity index (χ0n) is 16.4. The van der Waals surface area contributed by atoms with Crippen molar-refractivity contribution >= 4 is 19.5 Å². The molecule has 0 bridgehead atoms. The molecular formula is C16H26FN4O7P. The summed E-state index contributed by atoms with van der Waals surface area (Å²) in [4.78, 5) is 36.9. The lowest BCUT2D eigenvalue weighted by Crippen LogP contribution is -2.32. The quantitative estimate of drug-likeness (QED) is 0.371. The minimum absolute atomic E-state index is 0.0744. The Hall–Kier alpha value is -1.85. The van der Waals surface area contributed by atoms with Crippen LogP contribution in [0.2, 0.25) is 0 Å². The minimum Gasteiger partial charge on any atom is -0.462 e. The summed E-state index contributed by atoms with van der Waals surface area (Å²) >= 11 is 0. The van der Waals surface area contributed by atoms with E-state index in [1.54, 1.807) is 13.8 Å². The molecule has 4 atom stereocenters. The minimum atomic E-state index is -4.33. The number of hydrogen-bond acceptors (Lipinski definition) is 8. The molecule has 13 heteroatoms. The van der Waals surface area contributed by atoms with Gasteiger partial charge in [-0.1, -0.05) is 6.92 Å². The Bertz CT molecular complexity index is 834. The van der Waals surface area contributed by atoms with Gasteiger partial charge in [0, 0.05) is 18.2 Å². The molecule has 1 aromatic heterocycles. The highest BCUT2D eigenvalue weighted by atomic mass is 31.2. The monoisotopic (exact) mass is 436 g/mol. The summed E-state index contributed by atoms with van der Waals surface area (Å²) in [6.07, 6.45) is -2.32. The van der Waals surface area contributed by atoms with Crippen LogP contribution in [0.25, 0.3) is 0 Å². The smallest absolute Gasteiger partial charge is 0.403 e. The summed E-state index contributed by atoms with van der Waals surface area (Å²) in [5.74, 6) is -0.647. The van der Waals surface area contributed by atoms with Crippen LogP contribution in [-0.2, 0) is 29.8 Å². The van der Waals surface area contributed by atoms with E-state index < -0.39 is 51.1 Å². The van der Waals surface area contributed by atoms with Gasteiger partial charge in [-0.05, 0) is 20.3 Å². The van der Waals surface area contributed by atoms with Crippen LogP contribution in [0.4, 0.5) is 10.2 Å². The molecule has 1 fully saturated rings. The van der Waals surface area contributed by atoms with Crippen LogP contribution in [0.15, 0.2) is 11.0 Å². The van der Waals surface area contributed by atoms with E-state index in [2.05, 4.69) is 10.1 Å². The Morgan fingerprint density at radius 3 is 2.90 bits per heavy atom. The maximum Gasteiger partial charge on any atom is 0.403 e. The fourth-order valence-corrected chi connectivity index (χ4v) is 3.52. The summed E-state index contributed by atoms with van der Waals surface area (Å²) in [6.45, 7) is 4.13. The standard InChI is InChI=1S/C16H26FN4O7P/c1-4-10-7-21(16(23)20-14(10)18)15-12(17)5-11(28-15)8-26-29(24,25)19-6-13(22)27-9(2)3/h7,9,11-12,15H,4-6,8H2,1-3H3,(H2,18,20,23)(H2,19,24,25). The van der Waals surface area contributed by atoms with E-state index >= 15 is 0 Å². The van der Waals surface area contributed by atoms with Crippen LogP contribution >= 0.6 is 7.75 Å². The van der Waals surface area contributed by atoms with E-state index in [0.29, 0.717) is 12.0 Å². The molecule has 0 amide bonds. The Balaban J connectivity index is 1.94. The van der Waals surface area contributed by atoms with Gasteiger partial charge >= 0.3 is 19.4 Å². The number of nitrogen functional groups attached to an aromatic ring is 1. The van der Waals surface area contributed by atoms with Crippen molar-refractivity contribution in [2.24, 2.45) is 0 Å². The molecule has 0 aliphatic carbocycles. The van der Waals surface area contributed by atoms with Crippen LogP contribution in [-0.4, -0.2) is 51.9 Å². The topological polar surface area (TPSA) is 155 Å². The Labute approximate surface area is 166 Å². The van der Waals surface area contributed by atoms with Crippen molar-refractivity contribution in [1.29, 1.82) is 0 Å². The molecule has 1 aromatic rings. The molecule has 0 saturated carbocycles. The number of nitrogens with two attached hydrogens (primary N) is 1. The first-order valence-electron chi connectivity index (χ1n) is 9.11. The zero-order valence-corrected chi connectivity index (χ0v) is 17.3. The van der Waals surface area contributed by atoms with Crippen molar-refractivity contribution in [2.75, 3.05) is 18.9 Å².